The van der Waals surface area contributed by atoms with Gasteiger partial charge in [-0.3, -0.25) is 4.68 Å². The smallest absolute Gasteiger partial charge is 0.0635 e. The van der Waals surface area contributed by atoms with E-state index in [1.807, 2.05) is 16.9 Å². The number of nitrogens with zero attached hydrogens (tertiary/aromatic N) is 3. The van der Waals surface area contributed by atoms with Crippen LogP contribution in [0.3, 0.4) is 0 Å². The molecule has 0 aromatic carbocycles. The minimum atomic E-state index is 0.557. The first-order valence-electron chi connectivity index (χ1n) is 4.96. The van der Waals surface area contributed by atoms with Crippen molar-refractivity contribution in [2.45, 2.75) is 32.9 Å². The highest BCUT2D eigenvalue weighted by molar-refractivity contribution is 4.99. The molecule has 0 aliphatic carbocycles. The Bertz CT molecular complexity index is 297. The van der Waals surface area contributed by atoms with Crippen molar-refractivity contribution in [2.75, 3.05) is 6.54 Å². The van der Waals surface area contributed by atoms with E-state index in [0.29, 0.717) is 6.42 Å². The van der Waals surface area contributed by atoms with Gasteiger partial charge in [-0.15, -0.1) is 0 Å². The van der Waals surface area contributed by atoms with Gasteiger partial charge in [-0.1, -0.05) is 6.92 Å². The third kappa shape index (κ3) is 3.19. The van der Waals surface area contributed by atoms with Gasteiger partial charge in [0, 0.05) is 32.3 Å². The lowest BCUT2D eigenvalue weighted by Gasteiger charge is -2.06. The molecule has 0 spiro atoms. The molecule has 0 aliphatic rings. The Morgan fingerprint density at radius 2 is 2.50 bits per heavy atom. The topological polar surface area (TPSA) is 53.6 Å². The Morgan fingerprint density at radius 3 is 3.21 bits per heavy atom. The van der Waals surface area contributed by atoms with E-state index >= 15 is 0 Å². The molecule has 1 heterocycles. The zero-order chi connectivity index (χ0) is 10.2. The highest BCUT2D eigenvalue weighted by atomic mass is 15.3. The first-order chi connectivity index (χ1) is 6.88. The van der Waals surface area contributed by atoms with Crippen LogP contribution in [0.1, 0.15) is 25.5 Å². The van der Waals surface area contributed by atoms with E-state index in [-0.39, 0.29) is 0 Å². The van der Waals surface area contributed by atoms with Gasteiger partial charge in [-0.2, -0.15) is 10.4 Å². The third-order valence-electron chi connectivity index (χ3n) is 1.96. The Labute approximate surface area is 84.5 Å². The van der Waals surface area contributed by atoms with Crippen molar-refractivity contribution < 1.29 is 0 Å². The van der Waals surface area contributed by atoms with Crippen LogP contribution in [0.25, 0.3) is 0 Å². The number of nitriles is 1. The van der Waals surface area contributed by atoms with E-state index in [1.165, 1.54) is 5.69 Å². The molecule has 0 aliphatic heterocycles. The van der Waals surface area contributed by atoms with Gasteiger partial charge in [0.2, 0.25) is 0 Å². The molecule has 4 heteroatoms. The van der Waals surface area contributed by atoms with Crippen molar-refractivity contribution >= 4 is 0 Å². The maximum Gasteiger partial charge on any atom is 0.0635 e. The highest BCUT2D eigenvalue weighted by Crippen LogP contribution is 1.99. The summed E-state index contributed by atoms with van der Waals surface area (Å²) in [5.41, 5.74) is 1.18. The molecule has 1 N–H and O–H groups in total. The van der Waals surface area contributed by atoms with E-state index in [0.717, 1.165) is 26.1 Å². The number of rotatable bonds is 6. The standard InChI is InChI=1S/C10H16N4/c1-2-8-14-10(4-7-13-14)9-12-6-3-5-11/h4,7,12H,2-3,6,8-9H2,1H3. The summed E-state index contributed by atoms with van der Waals surface area (Å²) < 4.78 is 2.00. The summed E-state index contributed by atoms with van der Waals surface area (Å²) in [6.45, 7) is 4.63. The van der Waals surface area contributed by atoms with Gasteiger partial charge in [0.05, 0.1) is 11.8 Å². The average molecular weight is 192 g/mol. The van der Waals surface area contributed by atoms with Crippen molar-refractivity contribution in [1.82, 2.24) is 15.1 Å². The Balaban J connectivity index is 2.34. The number of hydrogen-bond acceptors (Lipinski definition) is 3. The molecule has 0 bridgehead atoms. The van der Waals surface area contributed by atoms with Crippen molar-refractivity contribution in [3.63, 3.8) is 0 Å². The predicted octanol–water partition coefficient (Wildman–Crippen LogP) is 1.30. The summed E-state index contributed by atoms with van der Waals surface area (Å²) in [6.07, 6.45) is 3.46. The zero-order valence-electron chi connectivity index (χ0n) is 8.53. The molecule has 0 saturated heterocycles. The Kier molecular flexibility index (Phi) is 4.73. The molecule has 14 heavy (non-hydrogen) atoms. The minimum absolute atomic E-state index is 0.557. The maximum absolute atomic E-state index is 8.35. The quantitative estimate of drug-likeness (QED) is 0.691. The summed E-state index contributed by atoms with van der Waals surface area (Å²) in [4.78, 5) is 0. The summed E-state index contributed by atoms with van der Waals surface area (Å²) in [5.74, 6) is 0. The first kappa shape index (κ1) is 10.7. The van der Waals surface area contributed by atoms with Gasteiger partial charge in [0.15, 0.2) is 0 Å². The van der Waals surface area contributed by atoms with Crippen LogP contribution >= 0.6 is 0 Å². The fraction of sp³-hybridized carbons (Fsp3) is 0.600. The van der Waals surface area contributed by atoms with Crippen LogP contribution in [0.4, 0.5) is 0 Å². The van der Waals surface area contributed by atoms with Gasteiger partial charge >= 0.3 is 0 Å². The van der Waals surface area contributed by atoms with Crippen molar-refractivity contribution in [1.29, 1.82) is 5.26 Å². The molecular weight excluding hydrogens is 176 g/mol. The molecule has 0 radical (unpaired) electrons. The normalized spacial score (nSPS) is 10.0. The highest BCUT2D eigenvalue weighted by Gasteiger charge is 1.99. The van der Waals surface area contributed by atoms with Crippen molar-refractivity contribution in [2.24, 2.45) is 0 Å². The molecule has 0 atom stereocenters. The Morgan fingerprint density at radius 1 is 1.64 bits per heavy atom. The second-order valence-electron chi connectivity index (χ2n) is 3.13. The van der Waals surface area contributed by atoms with Gasteiger partial charge in [0.1, 0.15) is 0 Å². The van der Waals surface area contributed by atoms with Crippen molar-refractivity contribution in [3.05, 3.63) is 18.0 Å². The van der Waals surface area contributed by atoms with Crippen LogP contribution in [0.15, 0.2) is 12.3 Å². The summed E-state index contributed by atoms with van der Waals surface area (Å²) in [6, 6.07) is 4.11. The lowest BCUT2D eigenvalue weighted by atomic mass is 10.4. The van der Waals surface area contributed by atoms with Gasteiger partial charge < -0.3 is 5.32 Å². The van der Waals surface area contributed by atoms with Crippen LogP contribution in [0, 0.1) is 11.3 Å². The maximum atomic E-state index is 8.35. The van der Waals surface area contributed by atoms with Crippen LogP contribution in [0.2, 0.25) is 0 Å². The van der Waals surface area contributed by atoms with E-state index in [9.17, 15) is 0 Å². The van der Waals surface area contributed by atoms with Crippen LogP contribution < -0.4 is 5.32 Å². The number of hydrogen-bond donors (Lipinski definition) is 1. The van der Waals surface area contributed by atoms with Crippen LogP contribution in [0.5, 0.6) is 0 Å². The van der Waals surface area contributed by atoms with E-state index < -0.39 is 0 Å². The fourth-order valence-corrected chi connectivity index (χ4v) is 1.28. The third-order valence-corrected chi connectivity index (χ3v) is 1.96. The fourth-order valence-electron chi connectivity index (χ4n) is 1.28. The molecule has 1 rings (SSSR count). The van der Waals surface area contributed by atoms with Gasteiger partial charge in [-0.25, -0.2) is 0 Å². The second-order valence-corrected chi connectivity index (χ2v) is 3.13. The van der Waals surface area contributed by atoms with Crippen LogP contribution in [-0.2, 0) is 13.1 Å². The van der Waals surface area contributed by atoms with Crippen molar-refractivity contribution in [3.8, 4) is 6.07 Å². The molecule has 4 nitrogen and oxygen atoms in total. The lowest BCUT2D eigenvalue weighted by Crippen LogP contribution is -2.17. The molecule has 0 amide bonds. The van der Waals surface area contributed by atoms with Crippen LogP contribution in [-0.4, -0.2) is 16.3 Å². The zero-order valence-corrected chi connectivity index (χ0v) is 8.53. The molecule has 76 valence electrons. The number of aromatic nitrogens is 2. The molecule has 0 unspecified atom stereocenters. The Hall–Kier alpha value is -1.34. The summed E-state index contributed by atoms with van der Waals surface area (Å²) in [5, 5.41) is 15.8. The average Bonchev–Trinajstić information content (AvgIpc) is 2.61. The largest absolute Gasteiger partial charge is 0.310 e. The molecule has 1 aromatic heterocycles. The van der Waals surface area contributed by atoms with E-state index in [1.54, 1.807) is 0 Å². The van der Waals surface area contributed by atoms with E-state index in [2.05, 4.69) is 23.4 Å². The van der Waals surface area contributed by atoms with Gasteiger partial charge in [-0.05, 0) is 12.5 Å². The molecule has 1 aromatic rings. The first-order valence-corrected chi connectivity index (χ1v) is 4.96. The monoisotopic (exact) mass is 192 g/mol. The van der Waals surface area contributed by atoms with Gasteiger partial charge in [0.25, 0.3) is 0 Å². The van der Waals surface area contributed by atoms with E-state index in [4.69, 9.17) is 5.26 Å². The molecule has 0 fully saturated rings. The lowest BCUT2D eigenvalue weighted by molar-refractivity contribution is 0.551. The minimum Gasteiger partial charge on any atom is -0.310 e. The predicted molar refractivity (Wildman–Crippen MR) is 54.5 cm³/mol. The number of aryl methyl sites for hydroxylation is 1. The SMILES string of the molecule is CCCn1nccc1CNCCC#N. The number of nitrogens with one attached hydrogen (secondary N) is 1. The molecule has 0 saturated carbocycles. The molecular formula is C10H16N4. The summed E-state index contributed by atoms with van der Waals surface area (Å²) in [7, 11) is 0. The summed E-state index contributed by atoms with van der Waals surface area (Å²) >= 11 is 0. The second kappa shape index (κ2) is 6.17.